The summed E-state index contributed by atoms with van der Waals surface area (Å²) in [4.78, 5) is 23.8. The lowest BCUT2D eigenvalue weighted by Gasteiger charge is -2.17. The second-order valence-electron chi connectivity index (χ2n) is 8.79. The normalized spacial score (nSPS) is 12.5. The van der Waals surface area contributed by atoms with Crippen molar-refractivity contribution in [3.8, 4) is 22.3 Å². The first kappa shape index (κ1) is 24.3. The van der Waals surface area contributed by atoms with Crippen molar-refractivity contribution in [2.45, 2.75) is 18.6 Å². The molecule has 37 heavy (non-hydrogen) atoms. The first-order valence-electron chi connectivity index (χ1n) is 11.7. The Morgan fingerprint density at radius 3 is 2.16 bits per heavy atom. The summed E-state index contributed by atoms with van der Waals surface area (Å²) in [7, 11) is 0. The van der Waals surface area contributed by atoms with Crippen molar-refractivity contribution in [1.29, 1.82) is 0 Å². The molecule has 0 saturated heterocycles. The van der Waals surface area contributed by atoms with Gasteiger partial charge in [0.1, 0.15) is 12.9 Å². The molecular formula is C30H22F3NO3. The minimum absolute atomic E-state index is 0.0939. The minimum Gasteiger partial charge on any atom is -0.449 e. The van der Waals surface area contributed by atoms with Gasteiger partial charge in [-0.05, 0) is 57.1 Å². The molecule has 0 atom stereocenters. The maximum Gasteiger partial charge on any atom is 0.416 e. The molecular weight excluding hydrogens is 479 g/mol. The van der Waals surface area contributed by atoms with E-state index in [0.29, 0.717) is 23.0 Å². The van der Waals surface area contributed by atoms with Gasteiger partial charge in [0.05, 0.1) is 5.56 Å². The number of alkyl halides is 3. The molecule has 1 amide bonds. The molecule has 0 fully saturated rings. The van der Waals surface area contributed by atoms with Crippen LogP contribution in [0.3, 0.4) is 0 Å². The smallest absolute Gasteiger partial charge is 0.416 e. The van der Waals surface area contributed by atoms with Crippen molar-refractivity contribution in [3.05, 3.63) is 119 Å². The summed E-state index contributed by atoms with van der Waals surface area (Å²) >= 11 is 0. The summed E-state index contributed by atoms with van der Waals surface area (Å²) in [5.74, 6) is -0.131. The number of alkyl carbamates (subject to hydrolysis) is 1. The van der Waals surface area contributed by atoms with E-state index in [1.54, 1.807) is 24.3 Å². The van der Waals surface area contributed by atoms with E-state index in [1.165, 1.54) is 6.07 Å². The predicted molar refractivity (Wildman–Crippen MR) is 134 cm³/mol. The summed E-state index contributed by atoms with van der Waals surface area (Å²) in [5, 5.41) is 2.59. The number of hydrogen-bond donors (Lipinski definition) is 1. The van der Waals surface area contributed by atoms with Gasteiger partial charge in [0, 0.05) is 18.0 Å². The van der Waals surface area contributed by atoms with Gasteiger partial charge in [0.25, 0.3) is 0 Å². The van der Waals surface area contributed by atoms with Crippen molar-refractivity contribution < 1.29 is 27.5 Å². The first-order valence-corrected chi connectivity index (χ1v) is 11.7. The average molecular weight is 502 g/mol. The monoisotopic (exact) mass is 501 g/mol. The van der Waals surface area contributed by atoms with Gasteiger partial charge in [0.15, 0.2) is 0 Å². The highest BCUT2D eigenvalue weighted by Gasteiger charge is 2.31. The lowest BCUT2D eigenvalue weighted by molar-refractivity contribution is -0.137. The Kier molecular flexibility index (Phi) is 6.53. The molecule has 186 valence electrons. The van der Waals surface area contributed by atoms with E-state index >= 15 is 0 Å². The number of benzene rings is 4. The largest absolute Gasteiger partial charge is 0.449 e. The number of halogens is 3. The highest BCUT2D eigenvalue weighted by molar-refractivity contribution is 5.80. The highest BCUT2D eigenvalue weighted by atomic mass is 19.4. The van der Waals surface area contributed by atoms with Crippen LogP contribution in [0.4, 0.5) is 18.0 Å². The molecule has 0 spiro atoms. The summed E-state index contributed by atoms with van der Waals surface area (Å²) in [6, 6.07) is 25.8. The SMILES string of the molecule is O=Cc1cccc(-c2ccc(C(F)(F)F)cc2CNC(=O)OCC2c3ccccc3-c3ccccc32)c1. The molecule has 4 aromatic carbocycles. The highest BCUT2D eigenvalue weighted by Crippen LogP contribution is 2.44. The maximum absolute atomic E-state index is 13.4. The van der Waals surface area contributed by atoms with Crippen molar-refractivity contribution in [3.63, 3.8) is 0 Å². The molecule has 1 aliphatic rings. The number of aldehydes is 1. The van der Waals surface area contributed by atoms with E-state index in [-0.39, 0.29) is 24.6 Å². The molecule has 0 aromatic heterocycles. The van der Waals surface area contributed by atoms with Gasteiger partial charge in [-0.15, -0.1) is 0 Å². The van der Waals surface area contributed by atoms with Crippen LogP contribution in [0.25, 0.3) is 22.3 Å². The molecule has 4 nitrogen and oxygen atoms in total. The third-order valence-corrected chi connectivity index (χ3v) is 6.53. The number of fused-ring (bicyclic) bond motifs is 3. The van der Waals surface area contributed by atoms with Gasteiger partial charge in [-0.3, -0.25) is 4.79 Å². The van der Waals surface area contributed by atoms with Crippen LogP contribution >= 0.6 is 0 Å². The molecule has 0 aliphatic heterocycles. The van der Waals surface area contributed by atoms with Crippen molar-refractivity contribution in [2.24, 2.45) is 0 Å². The summed E-state index contributed by atoms with van der Waals surface area (Å²) in [5.41, 5.74) is 5.19. The van der Waals surface area contributed by atoms with Crippen LogP contribution in [0, 0.1) is 0 Å². The number of carbonyl (C=O) groups is 2. The Morgan fingerprint density at radius 2 is 1.51 bits per heavy atom. The molecule has 0 heterocycles. The molecule has 7 heteroatoms. The Morgan fingerprint density at radius 1 is 0.838 bits per heavy atom. The lowest BCUT2D eigenvalue weighted by Crippen LogP contribution is -2.26. The van der Waals surface area contributed by atoms with Crippen LogP contribution in [0.2, 0.25) is 0 Å². The van der Waals surface area contributed by atoms with Crippen molar-refractivity contribution >= 4 is 12.4 Å². The molecule has 5 rings (SSSR count). The molecule has 1 aliphatic carbocycles. The van der Waals surface area contributed by atoms with E-state index in [1.807, 2.05) is 48.5 Å². The second-order valence-corrected chi connectivity index (χ2v) is 8.79. The molecule has 0 bridgehead atoms. The van der Waals surface area contributed by atoms with Crippen LogP contribution < -0.4 is 5.32 Å². The fourth-order valence-corrected chi connectivity index (χ4v) is 4.79. The predicted octanol–water partition coefficient (Wildman–Crippen LogP) is 7.22. The average Bonchev–Trinajstić information content (AvgIpc) is 3.23. The van der Waals surface area contributed by atoms with Gasteiger partial charge >= 0.3 is 12.3 Å². The zero-order chi connectivity index (χ0) is 26.0. The van der Waals surface area contributed by atoms with Crippen LogP contribution in [-0.2, 0) is 17.5 Å². The van der Waals surface area contributed by atoms with Gasteiger partial charge in [-0.2, -0.15) is 13.2 Å². The van der Waals surface area contributed by atoms with Gasteiger partial charge in [0.2, 0.25) is 0 Å². The lowest BCUT2D eigenvalue weighted by atomic mass is 9.96. The van der Waals surface area contributed by atoms with Crippen LogP contribution in [0.5, 0.6) is 0 Å². The molecule has 0 saturated carbocycles. The number of nitrogens with one attached hydrogen (secondary N) is 1. The fourth-order valence-electron chi connectivity index (χ4n) is 4.79. The standard InChI is InChI=1S/C30H22F3NO3/c31-30(32,33)22-12-13-23(20-7-5-6-19(14-20)17-35)21(15-22)16-34-29(36)37-18-28-26-10-3-1-8-24(26)25-9-2-4-11-27(25)28/h1-15,17,28H,16,18H2,(H,34,36). The Bertz CT molecular complexity index is 1430. The van der Waals surface area contributed by atoms with Gasteiger partial charge in [-0.1, -0.05) is 72.8 Å². The number of rotatable bonds is 6. The molecule has 1 N–H and O–H groups in total. The Balaban J connectivity index is 1.33. The number of amides is 1. The van der Waals surface area contributed by atoms with Crippen LogP contribution in [-0.4, -0.2) is 19.0 Å². The zero-order valence-corrected chi connectivity index (χ0v) is 19.6. The van der Waals surface area contributed by atoms with E-state index in [0.717, 1.165) is 34.4 Å². The quantitative estimate of drug-likeness (QED) is 0.284. The number of carbonyl (C=O) groups excluding carboxylic acids is 2. The van der Waals surface area contributed by atoms with Crippen molar-refractivity contribution in [1.82, 2.24) is 5.32 Å². The molecule has 0 radical (unpaired) electrons. The Hall–Kier alpha value is -4.39. The van der Waals surface area contributed by atoms with Gasteiger partial charge in [-0.25, -0.2) is 4.79 Å². The minimum atomic E-state index is -4.54. The summed E-state index contributed by atoms with van der Waals surface area (Å²) in [6.07, 6.45) is -4.60. The molecule has 4 aromatic rings. The summed E-state index contributed by atoms with van der Waals surface area (Å²) < 4.78 is 45.7. The topological polar surface area (TPSA) is 55.4 Å². The number of ether oxygens (including phenoxy) is 1. The van der Waals surface area contributed by atoms with Crippen molar-refractivity contribution in [2.75, 3.05) is 6.61 Å². The fraction of sp³-hybridized carbons (Fsp3) is 0.133. The number of hydrogen-bond acceptors (Lipinski definition) is 3. The van der Waals surface area contributed by atoms with Gasteiger partial charge < -0.3 is 10.1 Å². The zero-order valence-electron chi connectivity index (χ0n) is 19.6. The van der Waals surface area contributed by atoms with E-state index < -0.39 is 17.8 Å². The maximum atomic E-state index is 13.4. The third-order valence-electron chi connectivity index (χ3n) is 6.53. The summed E-state index contributed by atoms with van der Waals surface area (Å²) in [6.45, 7) is -0.0854. The van der Waals surface area contributed by atoms with Crippen LogP contribution in [0.15, 0.2) is 91.0 Å². The van der Waals surface area contributed by atoms with Crippen LogP contribution in [0.1, 0.15) is 38.5 Å². The third kappa shape index (κ3) is 4.98. The van der Waals surface area contributed by atoms with E-state index in [9.17, 15) is 22.8 Å². The first-order chi connectivity index (χ1) is 17.8. The van der Waals surface area contributed by atoms with E-state index in [2.05, 4.69) is 5.32 Å². The van der Waals surface area contributed by atoms with E-state index in [4.69, 9.17) is 4.74 Å². The second kappa shape index (κ2) is 9.93. The Labute approximate surface area is 211 Å². The molecule has 0 unspecified atom stereocenters.